The summed E-state index contributed by atoms with van der Waals surface area (Å²) in [6.07, 6.45) is -0.0712. The predicted molar refractivity (Wildman–Crippen MR) is 29.9 cm³/mol. The Bertz CT molecular complexity index is 152. The van der Waals surface area contributed by atoms with Crippen LogP contribution in [0, 0.1) is 5.92 Å². The number of halogens is 2. The third-order valence-corrected chi connectivity index (χ3v) is 1.56. The van der Waals surface area contributed by atoms with Gasteiger partial charge in [0, 0.05) is 5.92 Å². The molecule has 1 saturated carbocycles. The summed E-state index contributed by atoms with van der Waals surface area (Å²) in [6.45, 7) is 0. The van der Waals surface area contributed by atoms with Crippen LogP contribution >= 0.6 is 0 Å². The number of aliphatic carboxylic acids is 1. The van der Waals surface area contributed by atoms with E-state index in [1.54, 1.807) is 0 Å². The molecule has 1 fully saturated rings. The van der Waals surface area contributed by atoms with E-state index in [1.807, 2.05) is 0 Å². The first kappa shape index (κ1) is 7.44. The van der Waals surface area contributed by atoms with Crippen molar-refractivity contribution >= 4 is 5.97 Å². The minimum absolute atomic E-state index is 0.472. The molecule has 0 heterocycles. The van der Waals surface area contributed by atoms with Crippen molar-refractivity contribution in [3.63, 3.8) is 0 Å². The van der Waals surface area contributed by atoms with Crippen molar-refractivity contribution in [2.45, 2.75) is 25.2 Å². The molecule has 2 nitrogen and oxygen atoms in total. The van der Waals surface area contributed by atoms with E-state index in [0.717, 1.165) is 0 Å². The lowest BCUT2D eigenvalue weighted by atomic mass is 10.1. The van der Waals surface area contributed by atoms with E-state index in [1.165, 1.54) is 0 Å². The molecular weight excluding hydrogens is 142 g/mol. The Morgan fingerprint density at radius 1 is 1.60 bits per heavy atom. The zero-order valence-electron chi connectivity index (χ0n) is 5.31. The second-order valence-corrected chi connectivity index (χ2v) is 2.61. The van der Waals surface area contributed by atoms with Crippen molar-refractivity contribution in [3.05, 3.63) is 0 Å². The van der Waals surface area contributed by atoms with Crippen LogP contribution in [-0.2, 0) is 4.79 Å². The van der Waals surface area contributed by atoms with E-state index in [-0.39, 0.29) is 0 Å². The summed E-state index contributed by atoms with van der Waals surface area (Å²) in [5, 5.41) is 8.05. The summed E-state index contributed by atoms with van der Waals surface area (Å²) in [5.74, 6) is -5.05. The lowest BCUT2D eigenvalue weighted by Gasteiger charge is -2.11. The van der Waals surface area contributed by atoms with Crippen LogP contribution < -0.4 is 0 Å². The Morgan fingerprint density at radius 3 is 2.40 bits per heavy atom. The maximum atomic E-state index is 12.5. The summed E-state index contributed by atoms with van der Waals surface area (Å²) in [4.78, 5) is 9.87. The molecule has 0 aromatic rings. The highest BCUT2D eigenvalue weighted by Gasteiger charge is 2.47. The van der Waals surface area contributed by atoms with Gasteiger partial charge in [0.1, 0.15) is 6.42 Å². The summed E-state index contributed by atoms with van der Waals surface area (Å²) in [6, 6.07) is 0. The standard InChI is InChI=1S/C6H8F2O2/c7-6(8,3-5(9)10)4-1-2-4/h4H,1-3H2,(H,9,10). The van der Waals surface area contributed by atoms with Crippen molar-refractivity contribution in [1.29, 1.82) is 0 Å². The maximum absolute atomic E-state index is 12.5. The first-order chi connectivity index (χ1) is 4.52. The molecular formula is C6H8F2O2. The molecule has 0 unspecified atom stereocenters. The van der Waals surface area contributed by atoms with Crippen LogP contribution in [-0.4, -0.2) is 17.0 Å². The van der Waals surface area contributed by atoms with Crippen LogP contribution in [0.5, 0.6) is 0 Å². The van der Waals surface area contributed by atoms with Crippen LogP contribution in [0.1, 0.15) is 19.3 Å². The molecule has 0 aliphatic heterocycles. The van der Waals surface area contributed by atoms with Gasteiger partial charge in [0.2, 0.25) is 0 Å². The molecule has 1 N–H and O–H groups in total. The van der Waals surface area contributed by atoms with Gasteiger partial charge in [-0.05, 0) is 12.8 Å². The quantitative estimate of drug-likeness (QED) is 0.662. The Hall–Kier alpha value is -0.670. The molecule has 10 heavy (non-hydrogen) atoms. The average Bonchev–Trinajstić information content (AvgIpc) is 2.35. The normalized spacial score (nSPS) is 19.0. The number of carboxylic acid groups (broad SMARTS) is 1. The van der Waals surface area contributed by atoms with Gasteiger partial charge in [-0.3, -0.25) is 4.79 Å². The van der Waals surface area contributed by atoms with Crippen LogP contribution in [0.15, 0.2) is 0 Å². The summed E-state index contributed by atoms with van der Waals surface area (Å²) < 4.78 is 25.0. The zero-order chi connectivity index (χ0) is 7.78. The molecule has 1 rings (SSSR count). The van der Waals surface area contributed by atoms with Gasteiger partial charge in [0.05, 0.1) is 0 Å². The molecule has 0 atom stereocenters. The predicted octanol–water partition coefficient (Wildman–Crippen LogP) is 1.51. The third-order valence-electron chi connectivity index (χ3n) is 1.56. The lowest BCUT2D eigenvalue weighted by molar-refractivity contribution is -0.146. The SMILES string of the molecule is O=C(O)CC(F)(F)C1CC1. The highest BCUT2D eigenvalue weighted by atomic mass is 19.3. The van der Waals surface area contributed by atoms with Gasteiger partial charge in [-0.2, -0.15) is 0 Å². The maximum Gasteiger partial charge on any atom is 0.309 e. The highest BCUT2D eigenvalue weighted by Crippen LogP contribution is 2.45. The number of hydrogen-bond donors (Lipinski definition) is 1. The first-order valence-corrected chi connectivity index (χ1v) is 3.12. The van der Waals surface area contributed by atoms with E-state index < -0.39 is 24.2 Å². The van der Waals surface area contributed by atoms with E-state index in [0.29, 0.717) is 12.8 Å². The third kappa shape index (κ3) is 1.65. The van der Waals surface area contributed by atoms with E-state index in [4.69, 9.17) is 5.11 Å². The fourth-order valence-electron chi connectivity index (χ4n) is 0.852. The van der Waals surface area contributed by atoms with Crippen LogP contribution in [0.25, 0.3) is 0 Å². The average molecular weight is 150 g/mol. The number of carbonyl (C=O) groups is 1. The Labute approximate surface area is 56.8 Å². The van der Waals surface area contributed by atoms with Gasteiger partial charge >= 0.3 is 5.97 Å². The van der Waals surface area contributed by atoms with Gasteiger partial charge in [-0.25, -0.2) is 8.78 Å². The highest BCUT2D eigenvalue weighted by molar-refractivity contribution is 5.67. The largest absolute Gasteiger partial charge is 0.481 e. The second kappa shape index (κ2) is 2.18. The molecule has 0 aromatic heterocycles. The molecule has 58 valence electrons. The summed E-state index contributed by atoms with van der Waals surface area (Å²) >= 11 is 0. The monoisotopic (exact) mass is 150 g/mol. The van der Waals surface area contributed by atoms with Crippen LogP contribution in [0.2, 0.25) is 0 Å². The number of carboxylic acids is 1. The summed E-state index contributed by atoms with van der Waals surface area (Å²) in [5.41, 5.74) is 0. The van der Waals surface area contributed by atoms with Crippen LogP contribution in [0.4, 0.5) is 8.78 Å². The topological polar surface area (TPSA) is 37.3 Å². The van der Waals surface area contributed by atoms with Crippen molar-refractivity contribution in [1.82, 2.24) is 0 Å². The van der Waals surface area contributed by atoms with E-state index in [2.05, 4.69) is 0 Å². The van der Waals surface area contributed by atoms with E-state index >= 15 is 0 Å². The van der Waals surface area contributed by atoms with Gasteiger partial charge in [-0.1, -0.05) is 0 Å². The summed E-state index contributed by atoms with van der Waals surface area (Å²) in [7, 11) is 0. The van der Waals surface area contributed by atoms with Gasteiger partial charge in [-0.15, -0.1) is 0 Å². The van der Waals surface area contributed by atoms with Crippen molar-refractivity contribution in [3.8, 4) is 0 Å². The molecule has 0 aromatic carbocycles. The first-order valence-electron chi connectivity index (χ1n) is 3.12. The molecule has 1 aliphatic rings. The minimum Gasteiger partial charge on any atom is -0.481 e. The molecule has 1 aliphatic carbocycles. The van der Waals surface area contributed by atoms with Gasteiger partial charge in [0.25, 0.3) is 5.92 Å². The Morgan fingerprint density at radius 2 is 2.10 bits per heavy atom. The molecule has 0 saturated heterocycles. The zero-order valence-corrected chi connectivity index (χ0v) is 5.31. The number of rotatable bonds is 3. The second-order valence-electron chi connectivity index (χ2n) is 2.61. The fraction of sp³-hybridized carbons (Fsp3) is 0.833. The molecule has 0 spiro atoms. The van der Waals surface area contributed by atoms with Gasteiger partial charge < -0.3 is 5.11 Å². The van der Waals surface area contributed by atoms with Crippen molar-refractivity contribution in [2.24, 2.45) is 5.92 Å². The smallest absolute Gasteiger partial charge is 0.309 e. The van der Waals surface area contributed by atoms with Gasteiger partial charge in [0.15, 0.2) is 0 Å². The van der Waals surface area contributed by atoms with Crippen molar-refractivity contribution in [2.75, 3.05) is 0 Å². The number of alkyl halides is 2. The molecule has 0 bridgehead atoms. The van der Waals surface area contributed by atoms with Crippen molar-refractivity contribution < 1.29 is 18.7 Å². The molecule has 4 heteroatoms. The van der Waals surface area contributed by atoms with Crippen LogP contribution in [0.3, 0.4) is 0 Å². The number of hydrogen-bond acceptors (Lipinski definition) is 1. The Balaban J connectivity index is 2.41. The minimum atomic E-state index is -2.97. The molecule has 0 radical (unpaired) electrons. The molecule has 0 amide bonds. The Kier molecular flexibility index (Phi) is 1.62. The fourth-order valence-corrected chi connectivity index (χ4v) is 0.852. The van der Waals surface area contributed by atoms with E-state index in [9.17, 15) is 13.6 Å². The lowest BCUT2D eigenvalue weighted by Crippen LogP contribution is -2.23.